The number of methoxy groups -OCH3 is 1. The predicted molar refractivity (Wildman–Crippen MR) is 141 cm³/mol. The number of rotatable bonds is 9. The van der Waals surface area contributed by atoms with E-state index in [4.69, 9.17) is 9.16 Å². The molecule has 4 nitrogen and oxygen atoms in total. The molecule has 0 aliphatic carbocycles. The van der Waals surface area contributed by atoms with Crippen LogP contribution in [-0.2, 0) is 19.5 Å². The van der Waals surface area contributed by atoms with E-state index in [1.54, 1.807) is 0 Å². The molecule has 0 amide bonds. The summed E-state index contributed by atoms with van der Waals surface area (Å²) in [6.07, 6.45) is 0. The molecule has 5 heteroatoms. The largest absolute Gasteiger partial charge is 0.468 e. The maximum absolute atomic E-state index is 13.1. The van der Waals surface area contributed by atoms with Crippen molar-refractivity contribution in [3.63, 3.8) is 0 Å². The van der Waals surface area contributed by atoms with Gasteiger partial charge in [0, 0.05) is 0 Å². The van der Waals surface area contributed by atoms with E-state index in [0.29, 0.717) is 0 Å². The highest BCUT2D eigenvalue weighted by Gasteiger charge is 2.42. The smallest absolute Gasteiger partial charge is 0.325 e. The van der Waals surface area contributed by atoms with Gasteiger partial charge in [-0.25, -0.2) is 0 Å². The van der Waals surface area contributed by atoms with Gasteiger partial charge in [-0.3, -0.25) is 10.1 Å². The Kier molecular flexibility index (Phi) is 8.13. The van der Waals surface area contributed by atoms with Crippen LogP contribution in [0.25, 0.3) is 0 Å². The van der Waals surface area contributed by atoms with Crippen LogP contribution < -0.4 is 5.32 Å². The van der Waals surface area contributed by atoms with E-state index in [0.717, 1.165) is 16.7 Å². The van der Waals surface area contributed by atoms with Crippen molar-refractivity contribution < 1.29 is 14.0 Å². The lowest BCUT2D eigenvalue weighted by Crippen LogP contribution is -2.56. The third-order valence-electron chi connectivity index (χ3n) is 6.91. The Bertz CT molecular complexity index is 950. The third-order valence-corrected chi connectivity index (χ3v) is 11.4. The van der Waals surface area contributed by atoms with E-state index < -0.39 is 19.9 Å². The third kappa shape index (κ3) is 5.49. The Balaban J connectivity index is 2.16. The van der Waals surface area contributed by atoms with E-state index in [9.17, 15) is 4.79 Å². The Morgan fingerprint density at radius 1 is 0.794 bits per heavy atom. The Morgan fingerprint density at radius 2 is 1.18 bits per heavy atom. The Labute approximate surface area is 205 Å². The Morgan fingerprint density at radius 3 is 1.50 bits per heavy atom. The molecular weight excluding hydrogens is 438 g/mol. The second-order valence-electron chi connectivity index (χ2n) is 10.1. The van der Waals surface area contributed by atoms with Crippen molar-refractivity contribution in [1.82, 2.24) is 5.32 Å². The summed E-state index contributed by atoms with van der Waals surface area (Å²) in [7, 11) is -0.658. The van der Waals surface area contributed by atoms with Crippen molar-refractivity contribution in [3.05, 3.63) is 108 Å². The minimum absolute atomic E-state index is 0.0308. The first kappa shape index (κ1) is 25.9. The quantitative estimate of drug-likeness (QED) is 0.230. The summed E-state index contributed by atoms with van der Waals surface area (Å²) in [6, 6.07) is 30.0. The van der Waals surface area contributed by atoms with E-state index in [1.165, 1.54) is 7.11 Å². The van der Waals surface area contributed by atoms with Gasteiger partial charge in [-0.15, -0.1) is 0 Å². The fourth-order valence-electron chi connectivity index (χ4n) is 3.89. The maximum atomic E-state index is 13.1. The highest BCUT2D eigenvalue weighted by atomic mass is 28.4. The molecule has 0 radical (unpaired) electrons. The maximum Gasteiger partial charge on any atom is 0.325 e. The van der Waals surface area contributed by atoms with Gasteiger partial charge in [0.05, 0.1) is 19.3 Å². The van der Waals surface area contributed by atoms with Gasteiger partial charge in [0.15, 0.2) is 8.32 Å². The fourth-order valence-corrected chi connectivity index (χ4v) is 4.91. The minimum atomic E-state index is -2.09. The molecule has 0 aromatic heterocycles. The summed E-state index contributed by atoms with van der Waals surface area (Å²) in [6.45, 7) is 11.2. The number of carbonyl (C=O) groups excluding carboxylic acids is 1. The van der Waals surface area contributed by atoms with Gasteiger partial charge in [0.2, 0.25) is 0 Å². The molecule has 0 heterocycles. The number of ether oxygens (including phenoxy) is 1. The van der Waals surface area contributed by atoms with Crippen LogP contribution in [0, 0.1) is 0 Å². The zero-order valence-electron chi connectivity index (χ0n) is 21.2. The first-order valence-corrected chi connectivity index (χ1v) is 14.7. The molecule has 0 aliphatic rings. The van der Waals surface area contributed by atoms with Gasteiger partial charge in [-0.1, -0.05) is 112 Å². The van der Waals surface area contributed by atoms with Crippen LogP contribution in [0.1, 0.15) is 37.5 Å². The number of carbonyl (C=O) groups is 1. The molecule has 1 N–H and O–H groups in total. The zero-order chi connectivity index (χ0) is 24.8. The topological polar surface area (TPSA) is 47.6 Å². The van der Waals surface area contributed by atoms with Gasteiger partial charge in [-0.05, 0) is 34.8 Å². The SMILES string of the molecule is COC(=O)[C@H](CO[Si](C)(C)C(C)(C)C)NC(c1ccccc1)(c1ccccc1)c1ccccc1. The molecular formula is C29H37NO3Si. The average molecular weight is 476 g/mol. The zero-order valence-corrected chi connectivity index (χ0v) is 22.2. The number of esters is 1. The number of benzene rings is 3. The highest BCUT2D eigenvalue weighted by molar-refractivity contribution is 6.74. The number of hydrogen-bond acceptors (Lipinski definition) is 4. The van der Waals surface area contributed by atoms with Crippen LogP contribution in [0.2, 0.25) is 18.1 Å². The molecule has 0 bridgehead atoms. The highest BCUT2D eigenvalue weighted by Crippen LogP contribution is 2.39. The second-order valence-corrected chi connectivity index (χ2v) is 14.9. The number of nitrogens with one attached hydrogen (secondary N) is 1. The molecule has 0 saturated carbocycles. The van der Waals surface area contributed by atoms with Crippen molar-refractivity contribution in [3.8, 4) is 0 Å². The summed E-state index contributed by atoms with van der Waals surface area (Å²) < 4.78 is 11.8. The van der Waals surface area contributed by atoms with Crippen molar-refractivity contribution in [2.45, 2.75) is 50.5 Å². The molecule has 3 aromatic carbocycles. The fraction of sp³-hybridized carbons (Fsp3) is 0.345. The molecule has 0 saturated heterocycles. The molecule has 0 aliphatic heterocycles. The van der Waals surface area contributed by atoms with Gasteiger partial charge in [0.25, 0.3) is 0 Å². The van der Waals surface area contributed by atoms with Crippen LogP contribution in [0.5, 0.6) is 0 Å². The summed E-state index contributed by atoms with van der Waals surface area (Å²) in [5.41, 5.74) is 2.33. The lowest BCUT2D eigenvalue weighted by molar-refractivity contribution is -0.144. The van der Waals surface area contributed by atoms with Gasteiger partial charge in [0.1, 0.15) is 6.04 Å². The second kappa shape index (κ2) is 10.7. The first-order valence-electron chi connectivity index (χ1n) is 11.8. The molecule has 180 valence electrons. The van der Waals surface area contributed by atoms with Crippen LogP contribution in [0.15, 0.2) is 91.0 Å². The van der Waals surface area contributed by atoms with Crippen molar-refractivity contribution in [2.24, 2.45) is 0 Å². The van der Waals surface area contributed by atoms with Crippen molar-refractivity contribution in [2.75, 3.05) is 13.7 Å². The molecule has 34 heavy (non-hydrogen) atoms. The normalized spacial score (nSPS) is 13.4. The summed E-state index contributed by atoms with van der Waals surface area (Å²) in [5.74, 6) is -0.342. The van der Waals surface area contributed by atoms with Gasteiger partial charge < -0.3 is 9.16 Å². The Hall–Kier alpha value is -2.73. The minimum Gasteiger partial charge on any atom is -0.468 e. The summed E-state index contributed by atoms with van der Waals surface area (Å²) >= 11 is 0. The van der Waals surface area contributed by atoms with E-state index >= 15 is 0 Å². The molecule has 3 rings (SSSR count). The van der Waals surface area contributed by atoms with Crippen LogP contribution in [0.3, 0.4) is 0 Å². The van der Waals surface area contributed by atoms with E-state index in [1.807, 2.05) is 54.6 Å². The first-order chi connectivity index (χ1) is 16.1. The van der Waals surface area contributed by atoms with Crippen LogP contribution in [0.4, 0.5) is 0 Å². The van der Waals surface area contributed by atoms with Crippen LogP contribution >= 0.6 is 0 Å². The lowest BCUT2D eigenvalue weighted by Gasteiger charge is -2.41. The molecule has 0 spiro atoms. The monoisotopic (exact) mass is 475 g/mol. The molecule has 0 fully saturated rings. The standard InChI is InChI=1S/C29H37NO3Si/c1-28(2,3)34(5,6)33-22-26(27(31)32-4)30-29(23-16-10-7-11-17-23,24-18-12-8-13-19-24)25-20-14-9-15-21-25/h7-21,26,30H,22H2,1-6H3/t26-/m0/s1. The summed E-state index contributed by atoms with van der Waals surface area (Å²) in [5, 5.41) is 3.74. The molecule has 0 unspecified atom stereocenters. The van der Waals surface area contributed by atoms with Crippen molar-refractivity contribution in [1.29, 1.82) is 0 Å². The molecule has 3 aromatic rings. The van der Waals surface area contributed by atoms with Crippen LogP contribution in [-0.4, -0.2) is 34.0 Å². The predicted octanol–water partition coefficient (Wildman–Crippen LogP) is 6.13. The van der Waals surface area contributed by atoms with E-state index in [2.05, 4.69) is 75.6 Å². The van der Waals surface area contributed by atoms with Gasteiger partial charge in [-0.2, -0.15) is 0 Å². The van der Waals surface area contributed by atoms with E-state index in [-0.39, 0.29) is 17.6 Å². The van der Waals surface area contributed by atoms with Gasteiger partial charge >= 0.3 is 5.97 Å². The molecule has 1 atom stereocenters. The average Bonchev–Trinajstić information content (AvgIpc) is 2.85. The number of hydrogen-bond donors (Lipinski definition) is 1. The van der Waals surface area contributed by atoms with Crippen molar-refractivity contribution >= 4 is 14.3 Å². The summed E-state index contributed by atoms with van der Waals surface area (Å²) in [4.78, 5) is 13.1. The lowest BCUT2D eigenvalue weighted by atomic mass is 9.76.